The van der Waals surface area contributed by atoms with Gasteiger partial charge in [-0.05, 0) is 47.2 Å². The van der Waals surface area contributed by atoms with Gasteiger partial charge in [0.25, 0.3) is 0 Å². The van der Waals surface area contributed by atoms with E-state index in [0.717, 1.165) is 11.1 Å². The summed E-state index contributed by atoms with van der Waals surface area (Å²) in [5.74, 6) is -2.78. The molecule has 2 amide bonds. The van der Waals surface area contributed by atoms with Gasteiger partial charge in [-0.25, -0.2) is 0 Å². The molecule has 11 heteroatoms. The fourth-order valence-corrected chi connectivity index (χ4v) is 6.88. The number of benzene rings is 4. The van der Waals surface area contributed by atoms with Gasteiger partial charge in [0.1, 0.15) is 6.04 Å². The second-order valence-corrected chi connectivity index (χ2v) is 13.2. The van der Waals surface area contributed by atoms with Crippen molar-refractivity contribution in [3.8, 4) is 0 Å². The Bertz CT molecular complexity index is 1720. The maximum absolute atomic E-state index is 13.2. The van der Waals surface area contributed by atoms with Crippen LogP contribution in [-0.2, 0) is 38.8 Å². The quantitative estimate of drug-likeness (QED) is 0.173. The molecule has 0 unspecified atom stereocenters. The number of rotatable bonds is 11. The highest BCUT2D eigenvalue weighted by atomic mass is 19.4. The summed E-state index contributed by atoms with van der Waals surface area (Å²) in [6.07, 6.45) is -6.13. The highest BCUT2D eigenvalue weighted by Crippen LogP contribution is 2.42. The molecule has 4 aromatic carbocycles. The van der Waals surface area contributed by atoms with Gasteiger partial charge in [-0.1, -0.05) is 104 Å². The van der Waals surface area contributed by atoms with Gasteiger partial charge in [0.2, 0.25) is 5.91 Å². The van der Waals surface area contributed by atoms with Crippen LogP contribution in [0.3, 0.4) is 0 Å². The van der Waals surface area contributed by atoms with Crippen LogP contribution in [0.1, 0.15) is 60.0 Å². The largest absolute Gasteiger partial charge is 0.471 e. The lowest BCUT2D eigenvalue weighted by Gasteiger charge is -2.43. The minimum absolute atomic E-state index is 0.0782. The maximum Gasteiger partial charge on any atom is 0.471 e. The third kappa shape index (κ3) is 9.04. The predicted molar refractivity (Wildman–Crippen MR) is 186 cm³/mol. The highest BCUT2D eigenvalue weighted by Gasteiger charge is 2.47. The zero-order valence-corrected chi connectivity index (χ0v) is 28.3. The van der Waals surface area contributed by atoms with Crippen molar-refractivity contribution in [3.63, 3.8) is 0 Å². The number of anilines is 1. The van der Waals surface area contributed by atoms with E-state index in [-0.39, 0.29) is 37.7 Å². The first-order valence-electron chi connectivity index (χ1n) is 17.2. The second-order valence-electron chi connectivity index (χ2n) is 13.2. The second kappa shape index (κ2) is 16.2. The molecule has 268 valence electrons. The fraction of sp³-hybridized carbons (Fsp3) is 0.350. The summed E-state index contributed by atoms with van der Waals surface area (Å²) in [5.41, 5.74) is 5.02. The number of amides is 2. The first-order valence-corrected chi connectivity index (χ1v) is 17.2. The Morgan fingerprint density at radius 1 is 0.843 bits per heavy atom. The molecule has 0 radical (unpaired) electrons. The van der Waals surface area contributed by atoms with Gasteiger partial charge < -0.3 is 24.8 Å². The summed E-state index contributed by atoms with van der Waals surface area (Å²) in [6.45, 7) is 3.86. The van der Waals surface area contributed by atoms with Crippen LogP contribution in [0.25, 0.3) is 0 Å². The predicted octanol–water partition coefficient (Wildman–Crippen LogP) is 7.16. The Morgan fingerprint density at radius 3 is 2.10 bits per heavy atom. The Hall–Kier alpha value is -4.55. The Labute approximate surface area is 295 Å². The van der Waals surface area contributed by atoms with E-state index in [1.807, 2.05) is 66.7 Å². The van der Waals surface area contributed by atoms with Crippen LogP contribution in [0.4, 0.5) is 18.9 Å². The van der Waals surface area contributed by atoms with Crippen molar-refractivity contribution in [2.45, 2.75) is 70.2 Å². The van der Waals surface area contributed by atoms with Crippen LogP contribution >= 0.6 is 0 Å². The van der Waals surface area contributed by atoms with E-state index in [0.29, 0.717) is 42.2 Å². The van der Waals surface area contributed by atoms with Gasteiger partial charge in [-0.3, -0.25) is 14.5 Å². The van der Waals surface area contributed by atoms with Gasteiger partial charge in [0, 0.05) is 43.3 Å². The van der Waals surface area contributed by atoms with Crippen LogP contribution in [-0.4, -0.2) is 58.1 Å². The summed E-state index contributed by atoms with van der Waals surface area (Å²) in [6, 6.07) is 33.8. The number of carbonyl (C=O) groups excluding carboxylic acids is 2. The first-order chi connectivity index (χ1) is 24.6. The zero-order valence-electron chi connectivity index (χ0n) is 28.3. The Kier molecular flexibility index (Phi) is 11.5. The third-order valence-corrected chi connectivity index (χ3v) is 9.54. The van der Waals surface area contributed by atoms with Crippen molar-refractivity contribution in [2.24, 2.45) is 5.92 Å². The molecule has 8 nitrogen and oxygen atoms in total. The molecule has 0 bridgehead atoms. The molecular formula is C40H42F3N3O5. The van der Waals surface area contributed by atoms with E-state index in [2.05, 4.69) is 41.4 Å². The Balaban J connectivity index is 1.26. The van der Waals surface area contributed by atoms with E-state index < -0.39 is 30.3 Å². The van der Waals surface area contributed by atoms with Gasteiger partial charge in [-0.15, -0.1) is 0 Å². The molecule has 2 aliphatic rings. The van der Waals surface area contributed by atoms with E-state index in [4.69, 9.17) is 9.47 Å². The number of ether oxygens (including phenoxy) is 2. The number of hydrogen-bond acceptors (Lipinski definition) is 6. The summed E-state index contributed by atoms with van der Waals surface area (Å²) in [5, 5.41) is 12.4. The molecule has 6 rings (SSSR count). The van der Waals surface area contributed by atoms with Crippen LogP contribution in [0, 0.1) is 5.92 Å². The van der Waals surface area contributed by atoms with E-state index in [1.165, 1.54) is 11.1 Å². The third-order valence-electron chi connectivity index (χ3n) is 9.54. The SMILES string of the molecule is C[C@H]1[C@@H](CN(Cc2ccccc2)Cc2ccccc2)O[C@@H](c2cccc(NC(=O)[C@@H]3CCCN3C(=O)C(F)(F)F)c2)O[C@H]1c1ccc(CO)cc1. The monoisotopic (exact) mass is 701 g/mol. The van der Waals surface area contributed by atoms with Crippen molar-refractivity contribution >= 4 is 17.5 Å². The van der Waals surface area contributed by atoms with Gasteiger partial charge >= 0.3 is 12.1 Å². The van der Waals surface area contributed by atoms with Crippen molar-refractivity contribution in [2.75, 3.05) is 18.4 Å². The van der Waals surface area contributed by atoms with Crippen molar-refractivity contribution in [3.05, 3.63) is 137 Å². The molecule has 0 aromatic heterocycles. The minimum Gasteiger partial charge on any atom is -0.392 e. The first kappa shape index (κ1) is 36.2. The molecule has 51 heavy (non-hydrogen) atoms. The standard InChI is InChI=1S/C40H42F3N3O5/c1-27-35(25-45(23-28-10-4-2-5-11-28)24-29-12-6-3-7-13-29)50-38(51-36(27)31-19-17-30(26-47)18-20-31)32-14-8-15-33(22-32)44-37(48)34-16-9-21-46(34)39(49)40(41,42)43/h2-8,10-15,17-20,22,27,34-36,38,47H,9,16,21,23-26H2,1H3,(H,44,48)/t27-,34-,35+,36+,38+/m0/s1. The molecule has 2 N–H and O–H groups in total. The average molecular weight is 702 g/mol. The number of alkyl halides is 3. The summed E-state index contributed by atoms with van der Waals surface area (Å²) < 4.78 is 53.0. The summed E-state index contributed by atoms with van der Waals surface area (Å²) >= 11 is 0. The number of aliphatic hydroxyl groups excluding tert-OH is 1. The normalized spacial score (nSPS) is 22.2. The van der Waals surface area contributed by atoms with Crippen LogP contribution < -0.4 is 5.32 Å². The molecule has 2 heterocycles. The zero-order chi connectivity index (χ0) is 36.0. The van der Waals surface area contributed by atoms with Crippen molar-refractivity contribution < 1.29 is 37.3 Å². The lowest BCUT2D eigenvalue weighted by molar-refractivity contribution is -0.276. The van der Waals surface area contributed by atoms with E-state index >= 15 is 0 Å². The van der Waals surface area contributed by atoms with Crippen molar-refractivity contribution in [1.29, 1.82) is 0 Å². The number of carbonyl (C=O) groups is 2. The number of hydrogen-bond donors (Lipinski definition) is 2. The van der Waals surface area contributed by atoms with Crippen LogP contribution in [0.15, 0.2) is 109 Å². The van der Waals surface area contributed by atoms with Crippen LogP contribution in [0.2, 0.25) is 0 Å². The number of nitrogens with zero attached hydrogens (tertiary/aromatic N) is 2. The summed E-state index contributed by atoms with van der Waals surface area (Å²) in [7, 11) is 0. The van der Waals surface area contributed by atoms with Crippen LogP contribution in [0.5, 0.6) is 0 Å². The fourth-order valence-electron chi connectivity index (χ4n) is 6.88. The highest BCUT2D eigenvalue weighted by molar-refractivity contribution is 5.98. The molecule has 5 atom stereocenters. The number of halogens is 3. The number of likely N-dealkylation sites (tertiary alicyclic amines) is 1. The summed E-state index contributed by atoms with van der Waals surface area (Å²) in [4.78, 5) is 28.1. The topological polar surface area (TPSA) is 91.3 Å². The Morgan fingerprint density at radius 2 is 1.49 bits per heavy atom. The van der Waals surface area contributed by atoms with Crippen molar-refractivity contribution in [1.82, 2.24) is 9.80 Å². The smallest absolute Gasteiger partial charge is 0.392 e. The molecule has 0 saturated carbocycles. The maximum atomic E-state index is 13.2. The lowest BCUT2D eigenvalue weighted by Crippen LogP contribution is -2.48. The molecular weight excluding hydrogens is 659 g/mol. The van der Waals surface area contributed by atoms with E-state index in [1.54, 1.807) is 18.2 Å². The van der Waals surface area contributed by atoms with Gasteiger partial charge in [0.05, 0.1) is 18.8 Å². The van der Waals surface area contributed by atoms with Gasteiger partial charge in [0.15, 0.2) is 6.29 Å². The van der Waals surface area contributed by atoms with Gasteiger partial charge in [-0.2, -0.15) is 13.2 Å². The number of nitrogens with one attached hydrogen (secondary N) is 1. The minimum atomic E-state index is -5.06. The van der Waals surface area contributed by atoms with E-state index in [9.17, 15) is 27.9 Å². The average Bonchev–Trinajstić information content (AvgIpc) is 3.63. The molecule has 2 aliphatic heterocycles. The molecule has 4 aromatic rings. The molecule has 0 spiro atoms. The lowest BCUT2D eigenvalue weighted by atomic mass is 9.89. The molecule has 2 fully saturated rings. The number of aliphatic hydroxyl groups is 1. The molecule has 0 aliphatic carbocycles. The molecule has 2 saturated heterocycles.